The van der Waals surface area contributed by atoms with Crippen LogP contribution in [0.2, 0.25) is 0 Å². The number of anilines is 2. The maximum atomic E-state index is 11.8. The lowest BCUT2D eigenvalue weighted by Crippen LogP contribution is -2.15. The molecule has 2 aromatic rings. The number of sulfonamides is 1. The minimum Gasteiger partial charge on any atom is -0.398 e. The van der Waals surface area contributed by atoms with Gasteiger partial charge in [-0.2, -0.15) is 0 Å². The Labute approximate surface area is 103 Å². The van der Waals surface area contributed by atoms with Crippen LogP contribution in [0.3, 0.4) is 0 Å². The van der Waals surface area contributed by atoms with E-state index in [0.29, 0.717) is 16.4 Å². The van der Waals surface area contributed by atoms with Crippen LogP contribution in [-0.2, 0) is 15.8 Å². The standard InChI is InChI=1S/C10H11N3O2S2/c11-9-4-2-1-3-8(9)7-17(14,15)13-10-12-5-6-16-10/h1-6H,7,11H2,(H,12,13). The summed E-state index contributed by atoms with van der Waals surface area (Å²) in [5.41, 5.74) is 6.75. The zero-order chi connectivity index (χ0) is 12.3. The van der Waals surface area contributed by atoms with Crippen LogP contribution in [0.1, 0.15) is 5.56 Å². The van der Waals surface area contributed by atoms with Crippen molar-refractivity contribution in [1.29, 1.82) is 0 Å². The van der Waals surface area contributed by atoms with E-state index in [-0.39, 0.29) is 5.75 Å². The molecular formula is C10H11N3O2S2. The number of nitrogens with zero attached hydrogens (tertiary/aromatic N) is 1. The molecule has 0 aliphatic carbocycles. The Balaban J connectivity index is 2.16. The van der Waals surface area contributed by atoms with Crippen LogP contribution in [0.4, 0.5) is 10.8 Å². The van der Waals surface area contributed by atoms with Gasteiger partial charge >= 0.3 is 0 Å². The monoisotopic (exact) mass is 269 g/mol. The first-order valence-corrected chi connectivity index (χ1v) is 7.33. The number of para-hydroxylation sites is 1. The molecule has 0 spiro atoms. The van der Waals surface area contributed by atoms with Gasteiger partial charge in [-0.05, 0) is 11.6 Å². The van der Waals surface area contributed by atoms with E-state index in [1.807, 2.05) is 0 Å². The Morgan fingerprint density at radius 1 is 1.35 bits per heavy atom. The van der Waals surface area contributed by atoms with Gasteiger partial charge in [0.2, 0.25) is 10.0 Å². The van der Waals surface area contributed by atoms with Crippen LogP contribution < -0.4 is 10.5 Å². The molecule has 0 aliphatic rings. The molecule has 1 heterocycles. The highest BCUT2D eigenvalue weighted by Gasteiger charge is 2.14. The van der Waals surface area contributed by atoms with Crippen LogP contribution in [0.25, 0.3) is 0 Å². The van der Waals surface area contributed by atoms with Gasteiger partial charge in [-0.15, -0.1) is 11.3 Å². The molecule has 7 heteroatoms. The number of benzene rings is 1. The van der Waals surface area contributed by atoms with Crippen molar-refractivity contribution in [2.45, 2.75) is 5.75 Å². The van der Waals surface area contributed by atoms with E-state index in [1.165, 1.54) is 11.3 Å². The maximum absolute atomic E-state index is 11.8. The molecule has 0 saturated carbocycles. The van der Waals surface area contributed by atoms with Crippen molar-refractivity contribution in [2.24, 2.45) is 0 Å². The zero-order valence-electron chi connectivity index (χ0n) is 8.83. The first kappa shape index (κ1) is 11.9. The zero-order valence-corrected chi connectivity index (χ0v) is 10.5. The highest BCUT2D eigenvalue weighted by atomic mass is 32.2. The molecule has 0 bridgehead atoms. The predicted molar refractivity (Wildman–Crippen MR) is 69.2 cm³/mol. The van der Waals surface area contributed by atoms with Gasteiger partial charge in [-0.1, -0.05) is 18.2 Å². The second kappa shape index (κ2) is 4.72. The molecule has 2 rings (SSSR count). The van der Waals surface area contributed by atoms with Gasteiger partial charge < -0.3 is 5.73 Å². The molecule has 0 saturated heterocycles. The number of hydrogen-bond acceptors (Lipinski definition) is 5. The molecule has 1 aromatic carbocycles. The average molecular weight is 269 g/mol. The summed E-state index contributed by atoms with van der Waals surface area (Å²) in [5.74, 6) is -0.154. The molecule has 0 aliphatic heterocycles. The van der Waals surface area contributed by atoms with Crippen LogP contribution in [0, 0.1) is 0 Å². The summed E-state index contributed by atoms with van der Waals surface area (Å²) in [6, 6.07) is 6.88. The summed E-state index contributed by atoms with van der Waals surface area (Å²) in [4.78, 5) is 3.86. The first-order valence-electron chi connectivity index (χ1n) is 4.80. The molecule has 90 valence electrons. The van der Waals surface area contributed by atoms with Crippen LogP contribution in [-0.4, -0.2) is 13.4 Å². The van der Waals surface area contributed by atoms with E-state index >= 15 is 0 Å². The second-order valence-electron chi connectivity index (χ2n) is 3.40. The number of rotatable bonds is 4. The number of nitrogen functional groups attached to an aromatic ring is 1. The van der Waals surface area contributed by atoms with Gasteiger partial charge in [0, 0.05) is 17.3 Å². The summed E-state index contributed by atoms with van der Waals surface area (Å²) in [6.45, 7) is 0. The van der Waals surface area contributed by atoms with Crippen molar-refractivity contribution in [3.8, 4) is 0 Å². The lowest BCUT2D eigenvalue weighted by Gasteiger charge is -2.07. The van der Waals surface area contributed by atoms with Crippen molar-refractivity contribution in [2.75, 3.05) is 10.5 Å². The fraction of sp³-hybridized carbons (Fsp3) is 0.100. The lowest BCUT2D eigenvalue weighted by molar-refractivity contribution is 0.600. The minimum absolute atomic E-state index is 0.154. The van der Waals surface area contributed by atoms with Gasteiger partial charge in [0.15, 0.2) is 5.13 Å². The van der Waals surface area contributed by atoms with E-state index in [1.54, 1.807) is 35.8 Å². The number of hydrogen-bond donors (Lipinski definition) is 2. The second-order valence-corrected chi connectivity index (χ2v) is 6.01. The third-order valence-electron chi connectivity index (χ3n) is 2.08. The summed E-state index contributed by atoms with van der Waals surface area (Å²) >= 11 is 1.23. The van der Waals surface area contributed by atoms with Gasteiger partial charge in [0.25, 0.3) is 0 Å². The molecule has 0 amide bonds. The Kier molecular flexibility index (Phi) is 3.30. The maximum Gasteiger partial charge on any atom is 0.238 e. The van der Waals surface area contributed by atoms with E-state index in [2.05, 4.69) is 9.71 Å². The van der Waals surface area contributed by atoms with Crippen LogP contribution >= 0.6 is 11.3 Å². The SMILES string of the molecule is Nc1ccccc1CS(=O)(=O)Nc1nccs1. The molecule has 3 N–H and O–H groups in total. The molecule has 0 atom stereocenters. The Hall–Kier alpha value is -1.60. The third kappa shape index (κ3) is 3.18. The molecule has 1 aromatic heterocycles. The highest BCUT2D eigenvalue weighted by Crippen LogP contribution is 2.17. The number of nitrogens with two attached hydrogens (primary N) is 1. The Morgan fingerprint density at radius 3 is 2.76 bits per heavy atom. The van der Waals surface area contributed by atoms with Crippen molar-refractivity contribution in [1.82, 2.24) is 4.98 Å². The molecule has 17 heavy (non-hydrogen) atoms. The summed E-state index contributed by atoms with van der Waals surface area (Å²) in [7, 11) is -3.46. The third-order valence-corrected chi connectivity index (χ3v) is 4.09. The summed E-state index contributed by atoms with van der Waals surface area (Å²) in [5, 5.41) is 2.06. The number of nitrogens with one attached hydrogen (secondary N) is 1. The Bertz CT molecular complexity index is 594. The van der Waals surface area contributed by atoms with E-state index in [0.717, 1.165) is 0 Å². The minimum atomic E-state index is -3.46. The summed E-state index contributed by atoms with van der Waals surface area (Å²) < 4.78 is 26.0. The van der Waals surface area contributed by atoms with Crippen molar-refractivity contribution in [3.05, 3.63) is 41.4 Å². The molecule has 0 radical (unpaired) electrons. The fourth-order valence-corrected chi connectivity index (χ4v) is 3.32. The van der Waals surface area contributed by atoms with Crippen LogP contribution in [0.15, 0.2) is 35.8 Å². The largest absolute Gasteiger partial charge is 0.398 e. The van der Waals surface area contributed by atoms with E-state index in [9.17, 15) is 8.42 Å². The number of aromatic nitrogens is 1. The average Bonchev–Trinajstić information content (AvgIpc) is 2.73. The predicted octanol–water partition coefficient (Wildman–Crippen LogP) is 1.67. The van der Waals surface area contributed by atoms with Gasteiger partial charge in [-0.3, -0.25) is 4.72 Å². The lowest BCUT2D eigenvalue weighted by atomic mass is 10.2. The van der Waals surface area contributed by atoms with Gasteiger partial charge in [-0.25, -0.2) is 13.4 Å². The summed E-state index contributed by atoms with van der Waals surface area (Å²) in [6.07, 6.45) is 1.54. The molecular weight excluding hydrogens is 258 g/mol. The smallest absolute Gasteiger partial charge is 0.238 e. The normalized spacial score (nSPS) is 11.3. The fourth-order valence-electron chi connectivity index (χ4n) is 1.31. The van der Waals surface area contributed by atoms with Crippen LogP contribution in [0.5, 0.6) is 0 Å². The van der Waals surface area contributed by atoms with Crippen molar-refractivity contribution in [3.63, 3.8) is 0 Å². The number of thiazole rings is 1. The van der Waals surface area contributed by atoms with E-state index < -0.39 is 10.0 Å². The molecule has 0 fully saturated rings. The highest BCUT2D eigenvalue weighted by molar-refractivity contribution is 7.92. The van der Waals surface area contributed by atoms with E-state index in [4.69, 9.17) is 5.73 Å². The van der Waals surface area contributed by atoms with Crippen molar-refractivity contribution >= 4 is 32.2 Å². The quantitative estimate of drug-likeness (QED) is 0.827. The first-order chi connectivity index (χ1) is 8.07. The molecule has 5 nitrogen and oxygen atoms in total. The van der Waals surface area contributed by atoms with Gasteiger partial charge in [0.1, 0.15) is 0 Å². The Morgan fingerprint density at radius 2 is 2.12 bits per heavy atom. The molecule has 0 unspecified atom stereocenters. The van der Waals surface area contributed by atoms with Crippen molar-refractivity contribution < 1.29 is 8.42 Å². The van der Waals surface area contributed by atoms with Gasteiger partial charge in [0.05, 0.1) is 5.75 Å². The topological polar surface area (TPSA) is 85.1 Å².